The number of aromatic carboxylic acids is 1. The van der Waals surface area contributed by atoms with E-state index in [1.807, 2.05) is 30.3 Å². The number of carbonyl (C=O) groups excluding carboxylic acids is 1. The first-order valence-corrected chi connectivity index (χ1v) is 7.61. The first-order valence-electron chi connectivity index (χ1n) is 7.61. The van der Waals surface area contributed by atoms with Gasteiger partial charge in [0.1, 0.15) is 0 Å². The highest BCUT2D eigenvalue weighted by atomic mass is 16.4. The van der Waals surface area contributed by atoms with E-state index in [4.69, 9.17) is 5.11 Å². The lowest BCUT2D eigenvalue weighted by atomic mass is 10.1. The molecule has 0 aliphatic rings. The van der Waals surface area contributed by atoms with Crippen LogP contribution in [0.5, 0.6) is 0 Å². The number of carboxylic acids is 1. The van der Waals surface area contributed by atoms with Gasteiger partial charge in [-0.05, 0) is 29.8 Å². The van der Waals surface area contributed by atoms with E-state index in [0.717, 1.165) is 5.56 Å². The highest BCUT2D eigenvalue weighted by Crippen LogP contribution is 2.17. The van der Waals surface area contributed by atoms with E-state index >= 15 is 0 Å². The standard InChI is InChI=1S/C19H15N3O3/c23-18(22-12-13-4-2-1-3-5-13)14-6-8-20-16(10-14)17-11-15(19(24)25)7-9-21-17/h1-11H,12H2,(H,22,23)(H,24,25). The Labute approximate surface area is 144 Å². The number of nitrogens with one attached hydrogen (secondary N) is 1. The molecule has 0 aliphatic carbocycles. The maximum Gasteiger partial charge on any atom is 0.335 e. The van der Waals surface area contributed by atoms with Crippen LogP contribution in [0.25, 0.3) is 11.4 Å². The summed E-state index contributed by atoms with van der Waals surface area (Å²) in [5.41, 5.74) is 2.39. The summed E-state index contributed by atoms with van der Waals surface area (Å²) in [5, 5.41) is 11.9. The van der Waals surface area contributed by atoms with E-state index in [-0.39, 0.29) is 11.5 Å². The van der Waals surface area contributed by atoms with E-state index in [0.29, 0.717) is 23.5 Å². The average molecular weight is 333 g/mol. The molecule has 1 aromatic carbocycles. The van der Waals surface area contributed by atoms with Crippen LogP contribution >= 0.6 is 0 Å². The van der Waals surface area contributed by atoms with Crippen molar-refractivity contribution in [1.82, 2.24) is 15.3 Å². The molecule has 0 saturated heterocycles. The lowest BCUT2D eigenvalue weighted by molar-refractivity contribution is 0.0696. The lowest BCUT2D eigenvalue weighted by Gasteiger charge is -2.07. The van der Waals surface area contributed by atoms with Gasteiger partial charge in [0, 0.05) is 24.5 Å². The molecule has 0 atom stereocenters. The number of hydrogen-bond donors (Lipinski definition) is 2. The summed E-state index contributed by atoms with van der Waals surface area (Å²) in [6.07, 6.45) is 2.91. The van der Waals surface area contributed by atoms with Crippen LogP contribution in [0.2, 0.25) is 0 Å². The molecular weight excluding hydrogens is 318 g/mol. The Hall–Kier alpha value is -3.54. The number of benzene rings is 1. The van der Waals surface area contributed by atoms with Crippen LogP contribution in [-0.2, 0) is 6.54 Å². The molecule has 0 bridgehead atoms. The molecule has 0 radical (unpaired) electrons. The second kappa shape index (κ2) is 7.35. The highest BCUT2D eigenvalue weighted by molar-refractivity contribution is 5.95. The average Bonchev–Trinajstić information content (AvgIpc) is 2.67. The second-order valence-corrected chi connectivity index (χ2v) is 5.33. The van der Waals surface area contributed by atoms with Crippen molar-refractivity contribution >= 4 is 11.9 Å². The van der Waals surface area contributed by atoms with Crippen molar-refractivity contribution in [2.24, 2.45) is 0 Å². The van der Waals surface area contributed by atoms with Crippen LogP contribution in [0, 0.1) is 0 Å². The van der Waals surface area contributed by atoms with E-state index in [1.165, 1.54) is 24.5 Å². The molecule has 0 aliphatic heterocycles. The minimum absolute atomic E-state index is 0.116. The van der Waals surface area contributed by atoms with Gasteiger partial charge in [0.05, 0.1) is 17.0 Å². The minimum Gasteiger partial charge on any atom is -0.478 e. The van der Waals surface area contributed by atoms with Crippen LogP contribution in [0.3, 0.4) is 0 Å². The van der Waals surface area contributed by atoms with Gasteiger partial charge in [-0.15, -0.1) is 0 Å². The number of aromatic nitrogens is 2. The number of amides is 1. The zero-order valence-corrected chi connectivity index (χ0v) is 13.2. The van der Waals surface area contributed by atoms with Crippen molar-refractivity contribution in [1.29, 1.82) is 0 Å². The smallest absolute Gasteiger partial charge is 0.335 e. The maximum atomic E-state index is 12.3. The predicted octanol–water partition coefficient (Wildman–Crippen LogP) is 2.77. The Morgan fingerprint density at radius 3 is 2.12 bits per heavy atom. The third kappa shape index (κ3) is 4.06. The molecule has 2 aromatic heterocycles. The molecule has 0 fully saturated rings. The fraction of sp³-hybridized carbons (Fsp3) is 0.0526. The molecule has 25 heavy (non-hydrogen) atoms. The fourth-order valence-electron chi connectivity index (χ4n) is 2.30. The molecule has 2 N–H and O–H groups in total. The predicted molar refractivity (Wildman–Crippen MR) is 92.0 cm³/mol. The molecule has 1 amide bonds. The van der Waals surface area contributed by atoms with Gasteiger partial charge in [-0.3, -0.25) is 14.8 Å². The molecule has 2 heterocycles. The first-order chi connectivity index (χ1) is 12.1. The Bertz CT molecular complexity index is 911. The monoisotopic (exact) mass is 333 g/mol. The molecule has 0 spiro atoms. The number of hydrogen-bond acceptors (Lipinski definition) is 4. The van der Waals surface area contributed by atoms with Crippen LogP contribution in [-0.4, -0.2) is 27.0 Å². The van der Waals surface area contributed by atoms with Gasteiger partial charge in [-0.25, -0.2) is 4.79 Å². The fourth-order valence-corrected chi connectivity index (χ4v) is 2.30. The Morgan fingerprint density at radius 1 is 0.880 bits per heavy atom. The zero-order valence-electron chi connectivity index (χ0n) is 13.2. The van der Waals surface area contributed by atoms with Crippen molar-refractivity contribution in [3.05, 3.63) is 83.7 Å². The minimum atomic E-state index is -1.04. The van der Waals surface area contributed by atoms with Crippen LogP contribution < -0.4 is 5.32 Å². The summed E-state index contributed by atoms with van der Waals surface area (Å²) in [7, 11) is 0. The van der Waals surface area contributed by atoms with Crippen molar-refractivity contribution in [3.63, 3.8) is 0 Å². The van der Waals surface area contributed by atoms with Gasteiger partial charge in [0.15, 0.2) is 0 Å². The van der Waals surface area contributed by atoms with E-state index in [9.17, 15) is 9.59 Å². The molecule has 0 unspecified atom stereocenters. The summed E-state index contributed by atoms with van der Waals surface area (Å²) in [6, 6.07) is 15.6. The topological polar surface area (TPSA) is 92.2 Å². The van der Waals surface area contributed by atoms with Gasteiger partial charge in [-0.2, -0.15) is 0 Å². The highest BCUT2D eigenvalue weighted by Gasteiger charge is 2.10. The summed E-state index contributed by atoms with van der Waals surface area (Å²) in [5.74, 6) is -1.28. The van der Waals surface area contributed by atoms with Gasteiger partial charge in [0.2, 0.25) is 0 Å². The molecule has 6 heteroatoms. The van der Waals surface area contributed by atoms with Crippen LogP contribution in [0.1, 0.15) is 26.3 Å². The van der Waals surface area contributed by atoms with Gasteiger partial charge in [-0.1, -0.05) is 30.3 Å². The van der Waals surface area contributed by atoms with Gasteiger partial charge >= 0.3 is 5.97 Å². The molecule has 124 valence electrons. The SMILES string of the molecule is O=C(O)c1ccnc(-c2cc(C(=O)NCc3ccccc3)ccn2)c1. The Morgan fingerprint density at radius 2 is 1.48 bits per heavy atom. The van der Waals surface area contributed by atoms with Crippen LogP contribution in [0.4, 0.5) is 0 Å². The molecular formula is C19H15N3O3. The van der Waals surface area contributed by atoms with Gasteiger partial charge < -0.3 is 10.4 Å². The van der Waals surface area contributed by atoms with Crippen molar-refractivity contribution in [3.8, 4) is 11.4 Å². The van der Waals surface area contributed by atoms with E-state index in [1.54, 1.807) is 12.1 Å². The molecule has 3 rings (SSSR count). The van der Waals surface area contributed by atoms with E-state index < -0.39 is 5.97 Å². The molecule has 0 saturated carbocycles. The van der Waals surface area contributed by atoms with Crippen molar-refractivity contribution in [2.45, 2.75) is 6.54 Å². The molecule has 6 nitrogen and oxygen atoms in total. The summed E-state index contributed by atoms with van der Waals surface area (Å²) < 4.78 is 0. The van der Waals surface area contributed by atoms with Crippen molar-refractivity contribution < 1.29 is 14.7 Å². The number of carboxylic acid groups (broad SMARTS) is 1. The Balaban J connectivity index is 1.78. The number of carbonyl (C=O) groups is 2. The Kier molecular flexibility index (Phi) is 4.80. The third-order valence-electron chi connectivity index (χ3n) is 3.59. The third-order valence-corrected chi connectivity index (χ3v) is 3.59. The first kappa shape index (κ1) is 16.3. The second-order valence-electron chi connectivity index (χ2n) is 5.33. The summed E-state index contributed by atoms with van der Waals surface area (Å²) >= 11 is 0. The quantitative estimate of drug-likeness (QED) is 0.749. The lowest BCUT2D eigenvalue weighted by Crippen LogP contribution is -2.22. The zero-order chi connectivity index (χ0) is 17.6. The van der Waals surface area contributed by atoms with Crippen molar-refractivity contribution in [2.75, 3.05) is 0 Å². The van der Waals surface area contributed by atoms with E-state index in [2.05, 4.69) is 15.3 Å². The van der Waals surface area contributed by atoms with Crippen LogP contribution in [0.15, 0.2) is 67.0 Å². The summed E-state index contributed by atoms with van der Waals surface area (Å²) in [4.78, 5) is 31.7. The summed E-state index contributed by atoms with van der Waals surface area (Å²) in [6.45, 7) is 0.421. The molecule has 3 aromatic rings. The number of rotatable bonds is 5. The van der Waals surface area contributed by atoms with Gasteiger partial charge in [0.25, 0.3) is 5.91 Å². The maximum absolute atomic E-state index is 12.3. The normalized spacial score (nSPS) is 10.2. The number of nitrogens with zero attached hydrogens (tertiary/aromatic N) is 2. The number of pyridine rings is 2. The largest absolute Gasteiger partial charge is 0.478 e.